The number of para-hydroxylation sites is 1. The summed E-state index contributed by atoms with van der Waals surface area (Å²) in [6.45, 7) is 3.16. The zero-order valence-corrected chi connectivity index (χ0v) is 15.4. The number of anilines is 2. The zero-order valence-electron chi connectivity index (χ0n) is 15.4. The Labute approximate surface area is 162 Å². The van der Waals surface area contributed by atoms with Gasteiger partial charge in [-0.05, 0) is 18.2 Å². The van der Waals surface area contributed by atoms with E-state index in [2.05, 4.69) is 9.97 Å². The minimum absolute atomic E-state index is 0.00558. The Morgan fingerprint density at radius 1 is 0.964 bits per heavy atom. The van der Waals surface area contributed by atoms with E-state index >= 15 is 0 Å². The smallest absolute Gasteiger partial charge is 0.325 e. The van der Waals surface area contributed by atoms with Crippen LogP contribution in [0.15, 0.2) is 42.7 Å². The molecule has 0 bridgehead atoms. The Kier molecular flexibility index (Phi) is 5.05. The van der Waals surface area contributed by atoms with Crippen molar-refractivity contribution < 1.29 is 14.0 Å². The lowest BCUT2D eigenvalue weighted by molar-refractivity contribution is -0.131. The van der Waals surface area contributed by atoms with Crippen LogP contribution in [0.1, 0.15) is 0 Å². The fraction of sp³-hybridized carbons (Fsp3) is 0.368. The zero-order chi connectivity index (χ0) is 19.5. The molecule has 4 rings (SSSR count). The predicted molar refractivity (Wildman–Crippen MR) is 102 cm³/mol. The van der Waals surface area contributed by atoms with E-state index in [4.69, 9.17) is 0 Å². The first-order valence-electron chi connectivity index (χ1n) is 9.24. The van der Waals surface area contributed by atoms with E-state index in [0.717, 1.165) is 0 Å². The van der Waals surface area contributed by atoms with Gasteiger partial charge < -0.3 is 14.7 Å². The second-order valence-corrected chi connectivity index (χ2v) is 6.72. The highest BCUT2D eigenvalue weighted by molar-refractivity contribution is 5.96. The molecule has 1 aromatic heterocycles. The van der Waals surface area contributed by atoms with E-state index in [-0.39, 0.29) is 24.2 Å². The van der Waals surface area contributed by atoms with Crippen LogP contribution in [-0.4, -0.2) is 77.5 Å². The van der Waals surface area contributed by atoms with E-state index < -0.39 is 5.82 Å². The number of nitrogens with zero attached hydrogens (tertiary/aromatic N) is 6. The Bertz CT molecular complexity index is 857. The number of piperazine rings is 1. The molecule has 28 heavy (non-hydrogen) atoms. The molecule has 0 radical (unpaired) electrons. The van der Waals surface area contributed by atoms with Gasteiger partial charge in [-0.3, -0.25) is 9.69 Å². The van der Waals surface area contributed by atoms with E-state index in [1.807, 2.05) is 4.90 Å². The number of rotatable bonds is 4. The van der Waals surface area contributed by atoms with Gasteiger partial charge in [-0.2, -0.15) is 0 Å². The van der Waals surface area contributed by atoms with Gasteiger partial charge in [0.2, 0.25) is 11.9 Å². The maximum absolute atomic E-state index is 14.0. The summed E-state index contributed by atoms with van der Waals surface area (Å²) in [6.07, 6.45) is 3.39. The van der Waals surface area contributed by atoms with Gasteiger partial charge in [0.05, 0.1) is 5.69 Å². The fourth-order valence-corrected chi connectivity index (χ4v) is 3.50. The van der Waals surface area contributed by atoms with E-state index in [9.17, 15) is 14.0 Å². The Morgan fingerprint density at radius 2 is 1.68 bits per heavy atom. The van der Waals surface area contributed by atoms with Crippen LogP contribution in [0.5, 0.6) is 0 Å². The number of hydrogen-bond acceptors (Lipinski definition) is 5. The summed E-state index contributed by atoms with van der Waals surface area (Å²) in [4.78, 5) is 40.3. The van der Waals surface area contributed by atoms with E-state index in [0.29, 0.717) is 45.2 Å². The first-order chi connectivity index (χ1) is 13.6. The van der Waals surface area contributed by atoms with Crippen molar-refractivity contribution >= 4 is 23.6 Å². The molecule has 0 spiro atoms. The first-order valence-corrected chi connectivity index (χ1v) is 9.24. The van der Waals surface area contributed by atoms with Crippen LogP contribution in [0.25, 0.3) is 0 Å². The molecular formula is C19H21FN6O2. The normalized spacial score (nSPS) is 17.4. The molecule has 2 aliphatic heterocycles. The SMILES string of the molecule is O=C(CN1CCN(c2ccccc2F)C1=O)N1CCN(c2ncccn2)CC1. The molecule has 0 atom stereocenters. The molecule has 2 saturated heterocycles. The van der Waals surface area contributed by atoms with Gasteiger partial charge in [0.25, 0.3) is 0 Å². The van der Waals surface area contributed by atoms with Crippen molar-refractivity contribution in [3.8, 4) is 0 Å². The third-order valence-corrected chi connectivity index (χ3v) is 5.03. The average Bonchev–Trinajstić information content (AvgIpc) is 3.09. The largest absolute Gasteiger partial charge is 0.338 e. The maximum Gasteiger partial charge on any atom is 0.325 e. The highest BCUT2D eigenvalue weighted by Crippen LogP contribution is 2.23. The lowest BCUT2D eigenvalue weighted by Gasteiger charge is -2.35. The quantitative estimate of drug-likeness (QED) is 0.792. The van der Waals surface area contributed by atoms with Crippen molar-refractivity contribution in [3.05, 3.63) is 48.5 Å². The topological polar surface area (TPSA) is 72.9 Å². The molecule has 2 aromatic rings. The number of carbonyl (C=O) groups is 2. The third-order valence-electron chi connectivity index (χ3n) is 5.03. The summed E-state index contributed by atoms with van der Waals surface area (Å²) >= 11 is 0. The highest BCUT2D eigenvalue weighted by Gasteiger charge is 2.33. The lowest BCUT2D eigenvalue weighted by atomic mass is 10.3. The van der Waals surface area contributed by atoms with Crippen LogP contribution in [-0.2, 0) is 4.79 Å². The molecule has 0 saturated carbocycles. The summed E-state index contributed by atoms with van der Waals surface area (Å²) < 4.78 is 14.0. The Balaban J connectivity index is 1.32. The van der Waals surface area contributed by atoms with Gasteiger partial charge >= 0.3 is 6.03 Å². The summed E-state index contributed by atoms with van der Waals surface area (Å²) in [7, 11) is 0. The van der Waals surface area contributed by atoms with Crippen LogP contribution in [0.2, 0.25) is 0 Å². The third kappa shape index (κ3) is 3.60. The fourth-order valence-electron chi connectivity index (χ4n) is 3.50. The predicted octanol–water partition coefficient (Wildman–Crippen LogP) is 1.21. The Morgan fingerprint density at radius 3 is 2.39 bits per heavy atom. The summed E-state index contributed by atoms with van der Waals surface area (Å²) in [5.41, 5.74) is 0.249. The van der Waals surface area contributed by atoms with Crippen molar-refractivity contribution in [2.75, 3.05) is 55.6 Å². The molecule has 3 amide bonds. The molecule has 2 fully saturated rings. The van der Waals surface area contributed by atoms with Gasteiger partial charge in [0.1, 0.15) is 12.4 Å². The van der Waals surface area contributed by atoms with E-state index in [1.165, 1.54) is 15.9 Å². The number of urea groups is 1. The van der Waals surface area contributed by atoms with Gasteiger partial charge in [0.15, 0.2) is 0 Å². The van der Waals surface area contributed by atoms with Gasteiger partial charge in [-0.1, -0.05) is 12.1 Å². The second kappa shape index (κ2) is 7.79. The van der Waals surface area contributed by atoms with Crippen molar-refractivity contribution in [1.29, 1.82) is 0 Å². The molecule has 8 nitrogen and oxygen atoms in total. The van der Waals surface area contributed by atoms with Gasteiger partial charge in [-0.15, -0.1) is 0 Å². The summed E-state index contributed by atoms with van der Waals surface area (Å²) in [5, 5.41) is 0. The lowest BCUT2D eigenvalue weighted by Crippen LogP contribution is -2.52. The van der Waals surface area contributed by atoms with Crippen molar-refractivity contribution in [2.24, 2.45) is 0 Å². The molecule has 1 aromatic carbocycles. The van der Waals surface area contributed by atoms with Crippen molar-refractivity contribution in [2.45, 2.75) is 0 Å². The van der Waals surface area contributed by atoms with Crippen LogP contribution in [0.3, 0.4) is 0 Å². The molecule has 2 aliphatic rings. The van der Waals surface area contributed by atoms with Crippen LogP contribution in [0.4, 0.5) is 20.8 Å². The van der Waals surface area contributed by atoms with Crippen molar-refractivity contribution in [3.63, 3.8) is 0 Å². The molecule has 3 heterocycles. The molecule has 0 N–H and O–H groups in total. The molecule has 146 valence electrons. The highest BCUT2D eigenvalue weighted by atomic mass is 19.1. The molecular weight excluding hydrogens is 363 g/mol. The second-order valence-electron chi connectivity index (χ2n) is 6.72. The number of benzene rings is 1. The van der Waals surface area contributed by atoms with Crippen LogP contribution < -0.4 is 9.80 Å². The molecule has 0 unspecified atom stereocenters. The number of hydrogen-bond donors (Lipinski definition) is 0. The van der Waals surface area contributed by atoms with Crippen LogP contribution >= 0.6 is 0 Å². The van der Waals surface area contributed by atoms with Gasteiger partial charge in [-0.25, -0.2) is 19.2 Å². The standard InChI is InChI=1S/C19H21FN6O2/c20-15-4-1-2-5-16(15)26-13-12-25(19(26)28)14-17(27)23-8-10-24(11-9-23)18-21-6-3-7-22-18/h1-7H,8-14H2. The van der Waals surface area contributed by atoms with E-state index in [1.54, 1.807) is 41.6 Å². The minimum atomic E-state index is -0.441. The summed E-state index contributed by atoms with van der Waals surface area (Å²) in [6, 6.07) is 7.60. The summed E-state index contributed by atoms with van der Waals surface area (Å²) in [5.74, 6) is 0.116. The van der Waals surface area contributed by atoms with Crippen LogP contribution in [0, 0.1) is 5.82 Å². The number of amides is 3. The van der Waals surface area contributed by atoms with Gasteiger partial charge in [0, 0.05) is 51.7 Å². The Hall–Kier alpha value is -3.23. The number of carbonyl (C=O) groups excluding carboxylic acids is 2. The monoisotopic (exact) mass is 384 g/mol. The number of halogens is 1. The van der Waals surface area contributed by atoms with Crippen molar-refractivity contribution in [1.82, 2.24) is 19.8 Å². The average molecular weight is 384 g/mol. The molecule has 9 heteroatoms. The minimum Gasteiger partial charge on any atom is -0.338 e. The first kappa shape index (κ1) is 18.1. The maximum atomic E-state index is 14.0. The molecule has 0 aliphatic carbocycles. The number of aromatic nitrogens is 2.